The molecular weight excluding hydrogens is 322 g/mol. The first-order chi connectivity index (χ1) is 12.2. The third kappa shape index (κ3) is 3.19. The molecular formula is C17H19N5O3. The predicted octanol–water partition coefficient (Wildman–Crippen LogP) is 1.60. The summed E-state index contributed by atoms with van der Waals surface area (Å²) < 4.78 is 7.87. The summed E-state index contributed by atoms with van der Waals surface area (Å²) in [7, 11) is 0. The second-order valence-electron chi connectivity index (χ2n) is 6.33. The van der Waals surface area contributed by atoms with Gasteiger partial charge in [-0.05, 0) is 25.0 Å². The number of fused-ring (bicyclic) bond motifs is 1. The molecule has 3 aromatic heterocycles. The van der Waals surface area contributed by atoms with Gasteiger partial charge in [0.15, 0.2) is 5.76 Å². The molecule has 0 atom stereocenters. The normalized spacial score (nSPS) is 15.5. The summed E-state index contributed by atoms with van der Waals surface area (Å²) in [6.07, 6.45) is 8.48. The maximum atomic E-state index is 12.6. The Bertz CT molecular complexity index is 935. The van der Waals surface area contributed by atoms with Gasteiger partial charge >= 0.3 is 0 Å². The Morgan fingerprint density at radius 1 is 1.32 bits per heavy atom. The topological polar surface area (TPSA) is 94.4 Å². The second-order valence-corrected chi connectivity index (χ2v) is 6.33. The van der Waals surface area contributed by atoms with E-state index in [1.165, 1.54) is 21.9 Å². The monoisotopic (exact) mass is 341 g/mol. The lowest BCUT2D eigenvalue weighted by Gasteiger charge is -2.22. The number of aromatic nitrogens is 4. The van der Waals surface area contributed by atoms with Crippen LogP contribution in [0, 0.1) is 0 Å². The summed E-state index contributed by atoms with van der Waals surface area (Å²) >= 11 is 0. The van der Waals surface area contributed by atoms with Gasteiger partial charge in [-0.15, -0.1) is 0 Å². The third-order valence-corrected chi connectivity index (χ3v) is 4.53. The van der Waals surface area contributed by atoms with Crippen LogP contribution in [-0.4, -0.2) is 31.3 Å². The van der Waals surface area contributed by atoms with Crippen LogP contribution in [0.4, 0.5) is 0 Å². The lowest BCUT2D eigenvalue weighted by Crippen LogP contribution is -2.40. The van der Waals surface area contributed by atoms with E-state index in [0.717, 1.165) is 25.7 Å². The van der Waals surface area contributed by atoms with Crippen molar-refractivity contribution in [2.45, 2.75) is 44.7 Å². The van der Waals surface area contributed by atoms with Gasteiger partial charge in [-0.25, -0.2) is 9.20 Å². The van der Waals surface area contributed by atoms with Gasteiger partial charge in [-0.2, -0.15) is 10.2 Å². The summed E-state index contributed by atoms with van der Waals surface area (Å²) in [6, 6.07) is 5.37. The lowest BCUT2D eigenvalue weighted by atomic mass is 9.95. The van der Waals surface area contributed by atoms with E-state index in [0.29, 0.717) is 17.0 Å². The Kier molecular flexibility index (Phi) is 4.09. The zero-order chi connectivity index (χ0) is 17.2. The van der Waals surface area contributed by atoms with Crippen LogP contribution in [0.25, 0.3) is 17.0 Å². The van der Waals surface area contributed by atoms with Crippen molar-refractivity contribution in [3.05, 3.63) is 41.1 Å². The van der Waals surface area contributed by atoms with Gasteiger partial charge in [0, 0.05) is 12.1 Å². The van der Waals surface area contributed by atoms with Crippen LogP contribution < -0.4 is 10.9 Å². The lowest BCUT2D eigenvalue weighted by molar-refractivity contribution is -0.122. The summed E-state index contributed by atoms with van der Waals surface area (Å²) in [4.78, 5) is 24.8. The molecule has 3 aromatic rings. The minimum Gasteiger partial charge on any atom is -0.463 e. The second kappa shape index (κ2) is 6.54. The fourth-order valence-electron chi connectivity index (χ4n) is 3.25. The average Bonchev–Trinajstić information content (AvgIpc) is 3.27. The Labute approximate surface area is 143 Å². The molecule has 0 radical (unpaired) electrons. The van der Waals surface area contributed by atoms with E-state index in [-0.39, 0.29) is 24.1 Å². The first kappa shape index (κ1) is 15.6. The van der Waals surface area contributed by atoms with E-state index in [1.54, 1.807) is 24.5 Å². The molecule has 130 valence electrons. The van der Waals surface area contributed by atoms with E-state index in [9.17, 15) is 9.59 Å². The Balaban J connectivity index is 1.54. The number of rotatable bonds is 4. The molecule has 0 unspecified atom stereocenters. The number of furan rings is 1. The molecule has 1 fully saturated rings. The third-order valence-electron chi connectivity index (χ3n) is 4.53. The number of hydrogen-bond acceptors (Lipinski definition) is 5. The molecule has 0 aromatic carbocycles. The highest BCUT2D eigenvalue weighted by Crippen LogP contribution is 2.18. The number of nitrogens with zero attached hydrogens (tertiary/aromatic N) is 4. The van der Waals surface area contributed by atoms with Crippen molar-refractivity contribution in [2.24, 2.45) is 0 Å². The van der Waals surface area contributed by atoms with Crippen molar-refractivity contribution >= 4 is 11.4 Å². The molecule has 0 saturated heterocycles. The van der Waals surface area contributed by atoms with Gasteiger partial charge in [0.25, 0.3) is 5.56 Å². The molecule has 0 spiro atoms. The van der Waals surface area contributed by atoms with Gasteiger partial charge in [-0.1, -0.05) is 19.3 Å². The standard InChI is InChI=1S/C17H19N5O3/c23-16(19-12-5-2-1-3-6-12)10-21-17(24)14-9-13(15-7-4-8-25-15)20-22(14)11-18-21/h4,7-9,11-12H,1-3,5-6,10H2,(H,19,23). The molecule has 0 aliphatic heterocycles. The quantitative estimate of drug-likeness (QED) is 0.778. The van der Waals surface area contributed by atoms with Crippen LogP contribution in [0.2, 0.25) is 0 Å². The van der Waals surface area contributed by atoms with Gasteiger partial charge in [0.2, 0.25) is 5.91 Å². The summed E-state index contributed by atoms with van der Waals surface area (Å²) in [6.45, 7) is -0.0902. The minimum atomic E-state index is -0.355. The van der Waals surface area contributed by atoms with E-state index in [4.69, 9.17) is 4.42 Å². The van der Waals surface area contributed by atoms with Crippen LogP contribution in [0.1, 0.15) is 32.1 Å². The summed E-state index contributed by atoms with van der Waals surface area (Å²) in [5, 5.41) is 11.3. The van der Waals surface area contributed by atoms with E-state index < -0.39 is 0 Å². The van der Waals surface area contributed by atoms with E-state index in [1.807, 2.05) is 0 Å². The highest BCUT2D eigenvalue weighted by Gasteiger charge is 2.17. The molecule has 1 saturated carbocycles. The van der Waals surface area contributed by atoms with Crippen molar-refractivity contribution in [3.8, 4) is 11.5 Å². The van der Waals surface area contributed by atoms with Gasteiger partial charge in [0.05, 0.1) is 6.26 Å². The maximum absolute atomic E-state index is 12.6. The molecule has 8 nitrogen and oxygen atoms in total. The Morgan fingerprint density at radius 3 is 2.92 bits per heavy atom. The van der Waals surface area contributed by atoms with Crippen LogP contribution in [0.5, 0.6) is 0 Å². The molecule has 1 aliphatic rings. The first-order valence-corrected chi connectivity index (χ1v) is 8.49. The van der Waals surface area contributed by atoms with Crippen molar-refractivity contribution < 1.29 is 9.21 Å². The number of amides is 1. The molecule has 1 N–H and O–H groups in total. The Morgan fingerprint density at radius 2 is 2.16 bits per heavy atom. The number of carbonyl (C=O) groups is 1. The van der Waals surface area contributed by atoms with Crippen LogP contribution in [0.15, 0.2) is 40.0 Å². The van der Waals surface area contributed by atoms with Crippen molar-refractivity contribution in [3.63, 3.8) is 0 Å². The molecule has 4 rings (SSSR count). The zero-order valence-electron chi connectivity index (χ0n) is 13.7. The molecule has 1 aliphatic carbocycles. The van der Waals surface area contributed by atoms with Gasteiger partial charge in [-0.3, -0.25) is 9.59 Å². The van der Waals surface area contributed by atoms with Crippen molar-refractivity contribution in [1.82, 2.24) is 24.7 Å². The maximum Gasteiger partial charge on any atom is 0.293 e. The number of nitrogens with one attached hydrogen (secondary N) is 1. The molecule has 25 heavy (non-hydrogen) atoms. The minimum absolute atomic E-state index is 0.0902. The molecule has 8 heteroatoms. The number of carbonyl (C=O) groups excluding carboxylic acids is 1. The Hall–Kier alpha value is -2.90. The average molecular weight is 341 g/mol. The fourth-order valence-corrected chi connectivity index (χ4v) is 3.25. The van der Waals surface area contributed by atoms with Crippen LogP contribution in [-0.2, 0) is 11.3 Å². The van der Waals surface area contributed by atoms with Gasteiger partial charge in [0.1, 0.15) is 24.1 Å². The summed E-state index contributed by atoms with van der Waals surface area (Å²) in [5.74, 6) is 0.390. The van der Waals surface area contributed by atoms with Crippen LogP contribution >= 0.6 is 0 Å². The van der Waals surface area contributed by atoms with E-state index >= 15 is 0 Å². The van der Waals surface area contributed by atoms with E-state index in [2.05, 4.69) is 15.5 Å². The fraction of sp³-hybridized carbons (Fsp3) is 0.412. The summed E-state index contributed by atoms with van der Waals surface area (Å²) in [5.41, 5.74) is 0.548. The SMILES string of the molecule is O=C(Cn1ncn2nc(-c3ccco3)cc2c1=O)NC1CCCCC1. The van der Waals surface area contributed by atoms with Crippen molar-refractivity contribution in [1.29, 1.82) is 0 Å². The van der Waals surface area contributed by atoms with Crippen molar-refractivity contribution in [2.75, 3.05) is 0 Å². The van der Waals surface area contributed by atoms with Crippen LogP contribution in [0.3, 0.4) is 0 Å². The molecule has 1 amide bonds. The highest BCUT2D eigenvalue weighted by atomic mass is 16.3. The first-order valence-electron chi connectivity index (χ1n) is 8.49. The molecule has 0 bridgehead atoms. The zero-order valence-corrected chi connectivity index (χ0v) is 13.7. The number of hydrogen-bond donors (Lipinski definition) is 1. The largest absolute Gasteiger partial charge is 0.463 e. The smallest absolute Gasteiger partial charge is 0.293 e. The highest BCUT2D eigenvalue weighted by molar-refractivity contribution is 5.76. The molecule has 3 heterocycles. The predicted molar refractivity (Wildman–Crippen MR) is 90.0 cm³/mol. The van der Waals surface area contributed by atoms with Gasteiger partial charge < -0.3 is 9.73 Å².